The van der Waals surface area contributed by atoms with E-state index < -0.39 is 0 Å². The van der Waals surface area contributed by atoms with Gasteiger partial charge in [-0.1, -0.05) is 46.9 Å². The summed E-state index contributed by atoms with van der Waals surface area (Å²) < 4.78 is 0. The van der Waals surface area contributed by atoms with Crippen molar-refractivity contribution in [1.29, 1.82) is 0 Å². The van der Waals surface area contributed by atoms with E-state index in [9.17, 15) is 0 Å². The molecular weight excluding hydrogens is 313 g/mol. The molecule has 106 valence electrons. The van der Waals surface area contributed by atoms with Crippen LogP contribution in [0, 0.1) is 6.92 Å². The molecule has 2 aromatic carbocycles. The molecule has 2 rings (SSSR count). The molecule has 1 unspecified atom stereocenters. The summed E-state index contributed by atoms with van der Waals surface area (Å²) in [7, 11) is 1.95. The third kappa shape index (κ3) is 3.67. The molecule has 0 aromatic heterocycles. The van der Waals surface area contributed by atoms with E-state index in [1.54, 1.807) is 0 Å². The Bertz CT molecular complexity index is 611. The van der Waals surface area contributed by atoms with Crippen LogP contribution in [0.3, 0.4) is 0 Å². The average molecular weight is 329 g/mol. The number of halogens is 3. The molecule has 0 aliphatic carbocycles. The lowest BCUT2D eigenvalue weighted by atomic mass is 9.95. The number of rotatable bonds is 4. The second-order valence-corrected chi connectivity index (χ2v) is 6.05. The maximum absolute atomic E-state index is 6.07. The predicted octanol–water partition coefficient (Wildman–Crippen LogP) is 5.46. The maximum atomic E-state index is 6.07. The molecular formula is C16H16Cl3N. The molecule has 0 bridgehead atoms. The smallest absolute Gasteiger partial charge is 0.0595 e. The van der Waals surface area contributed by atoms with E-state index >= 15 is 0 Å². The fraction of sp³-hybridized carbons (Fsp3) is 0.250. The predicted molar refractivity (Wildman–Crippen MR) is 88.2 cm³/mol. The first-order chi connectivity index (χ1) is 9.51. The number of aryl methyl sites for hydroxylation is 1. The van der Waals surface area contributed by atoms with Gasteiger partial charge in [-0.25, -0.2) is 0 Å². The van der Waals surface area contributed by atoms with Gasteiger partial charge in [0.2, 0.25) is 0 Å². The standard InChI is InChI=1S/C16H16Cl3N/c1-10-7-12(17)4-5-13(10)16(20-2)9-11-3-6-14(18)15(19)8-11/h3-8,16,20H,9H2,1-2H3. The van der Waals surface area contributed by atoms with Crippen molar-refractivity contribution in [2.45, 2.75) is 19.4 Å². The first kappa shape index (κ1) is 15.7. The summed E-state index contributed by atoms with van der Waals surface area (Å²) in [5.74, 6) is 0. The van der Waals surface area contributed by atoms with E-state index in [2.05, 4.69) is 18.3 Å². The molecule has 0 spiro atoms. The molecule has 1 nitrogen and oxygen atoms in total. The monoisotopic (exact) mass is 327 g/mol. The highest BCUT2D eigenvalue weighted by Crippen LogP contribution is 2.27. The Kier molecular flexibility index (Phi) is 5.34. The summed E-state index contributed by atoms with van der Waals surface area (Å²) in [5.41, 5.74) is 3.56. The number of nitrogens with one attached hydrogen (secondary N) is 1. The van der Waals surface area contributed by atoms with Crippen LogP contribution in [0.4, 0.5) is 0 Å². The zero-order chi connectivity index (χ0) is 14.7. The van der Waals surface area contributed by atoms with Crippen molar-refractivity contribution in [3.63, 3.8) is 0 Å². The molecule has 0 fully saturated rings. The second-order valence-electron chi connectivity index (χ2n) is 4.79. The van der Waals surface area contributed by atoms with E-state index in [1.165, 1.54) is 11.1 Å². The summed E-state index contributed by atoms with van der Waals surface area (Å²) in [6.07, 6.45) is 0.843. The third-order valence-corrected chi connectivity index (χ3v) is 4.35. The molecule has 0 aliphatic rings. The van der Waals surface area contributed by atoms with Crippen molar-refractivity contribution in [3.8, 4) is 0 Å². The molecule has 1 atom stereocenters. The Morgan fingerprint density at radius 2 is 1.75 bits per heavy atom. The summed E-state index contributed by atoms with van der Waals surface area (Å²) in [5, 5.41) is 5.27. The fourth-order valence-electron chi connectivity index (χ4n) is 2.30. The summed E-state index contributed by atoms with van der Waals surface area (Å²) in [6.45, 7) is 2.07. The van der Waals surface area contributed by atoms with Crippen LogP contribution in [0.5, 0.6) is 0 Å². The van der Waals surface area contributed by atoms with Crippen LogP contribution in [0.1, 0.15) is 22.7 Å². The number of likely N-dealkylation sites (N-methyl/N-ethyl adjacent to an activating group) is 1. The Balaban J connectivity index is 2.26. The zero-order valence-electron chi connectivity index (χ0n) is 11.4. The first-order valence-electron chi connectivity index (χ1n) is 6.38. The molecule has 20 heavy (non-hydrogen) atoms. The van der Waals surface area contributed by atoms with Gasteiger partial charge in [0.05, 0.1) is 10.0 Å². The minimum absolute atomic E-state index is 0.213. The van der Waals surface area contributed by atoms with Gasteiger partial charge in [-0.15, -0.1) is 0 Å². The van der Waals surface area contributed by atoms with E-state index in [-0.39, 0.29) is 6.04 Å². The second kappa shape index (κ2) is 6.82. The maximum Gasteiger partial charge on any atom is 0.0595 e. The highest BCUT2D eigenvalue weighted by Gasteiger charge is 2.13. The van der Waals surface area contributed by atoms with E-state index in [0.29, 0.717) is 10.0 Å². The lowest BCUT2D eigenvalue weighted by molar-refractivity contribution is 0.589. The first-order valence-corrected chi connectivity index (χ1v) is 7.52. The van der Waals surface area contributed by atoms with Crippen LogP contribution < -0.4 is 5.32 Å². The van der Waals surface area contributed by atoms with Gasteiger partial charge in [0.1, 0.15) is 0 Å². The van der Waals surface area contributed by atoms with Crippen LogP contribution in [0.25, 0.3) is 0 Å². The molecule has 2 aromatic rings. The highest BCUT2D eigenvalue weighted by atomic mass is 35.5. The molecule has 0 aliphatic heterocycles. The van der Waals surface area contributed by atoms with Crippen molar-refractivity contribution in [2.24, 2.45) is 0 Å². The summed E-state index contributed by atoms with van der Waals surface area (Å²) in [4.78, 5) is 0. The SMILES string of the molecule is CNC(Cc1ccc(Cl)c(Cl)c1)c1ccc(Cl)cc1C. The molecule has 0 radical (unpaired) electrons. The molecule has 0 saturated carbocycles. The number of hydrogen-bond donors (Lipinski definition) is 1. The van der Waals surface area contributed by atoms with Crippen molar-refractivity contribution in [1.82, 2.24) is 5.32 Å². The largest absolute Gasteiger partial charge is 0.313 e. The van der Waals surface area contributed by atoms with Gasteiger partial charge in [0.15, 0.2) is 0 Å². The van der Waals surface area contributed by atoms with Crippen LogP contribution in [-0.2, 0) is 6.42 Å². The van der Waals surface area contributed by atoms with Crippen molar-refractivity contribution in [3.05, 3.63) is 68.2 Å². The fourth-order valence-corrected chi connectivity index (χ4v) is 2.85. The quantitative estimate of drug-likeness (QED) is 0.786. The number of benzene rings is 2. The normalized spacial score (nSPS) is 12.4. The molecule has 0 saturated heterocycles. The molecule has 0 amide bonds. The van der Waals surface area contributed by atoms with Gasteiger partial charge >= 0.3 is 0 Å². The van der Waals surface area contributed by atoms with Crippen molar-refractivity contribution >= 4 is 34.8 Å². The van der Waals surface area contributed by atoms with Crippen LogP contribution >= 0.6 is 34.8 Å². The Labute approximate surface area is 134 Å². The van der Waals surface area contributed by atoms with Crippen LogP contribution in [0.15, 0.2) is 36.4 Å². The van der Waals surface area contributed by atoms with E-state index in [1.807, 2.05) is 37.4 Å². The van der Waals surface area contributed by atoms with Gasteiger partial charge in [0.25, 0.3) is 0 Å². The minimum atomic E-state index is 0.213. The van der Waals surface area contributed by atoms with Crippen LogP contribution in [0.2, 0.25) is 15.1 Å². The highest BCUT2D eigenvalue weighted by molar-refractivity contribution is 6.42. The van der Waals surface area contributed by atoms with Gasteiger partial charge in [-0.2, -0.15) is 0 Å². The van der Waals surface area contributed by atoms with Gasteiger partial charge in [-0.05, 0) is 61.3 Å². The molecule has 4 heteroatoms. The van der Waals surface area contributed by atoms with Gasteiger partial charge < -0.3 is 5.32 Å². The van der Waals surface area contributed by atoms with Crippen molar-refractivity contribution < 1.29 is 0 Å². The minimum Gasteiger partial charge on any atom is -0.313 e. The molecule has 0 heterocycles. The number of hydrogen-bond acceptors (Lipinski definition) is 1. The average Bonchev–Trinajstić information content (AvgIpc) is 2.41. The molecule has 1 N–H and O–H groups in total. The van der Waals surface area contributed by atoms with E-state index in [0.717, 1.165) is 17.0 Å². The Morgan fingerprint density at radius 1 is 1.00 bits per heavy atom. The van der Waals surface area contributed by atoms with E-state index in [4.69, 9.17) is 34.8 Å². The lowest BCUT2D eigenvalue weighted by Gasteiger charge is -2.19. The van der Waals surface area contributed by atoms with Gasteiger partial charge in [0, 0.05) is 11.1 Å². The summed E-state index contributed by atoms with van der Waals surface area (Å²) >= 11 is 18.0. The van der Waals surface area contributed by atoms with Gasteiger partial charge in [-0.3, -0.25) is 0 Å². The lowest BCUT2D eigenvalue weighted by Crippen LogP contribution is -2.19. The third-order valence-electron chi connectivity index (χ3n) is 3.38. The zero-order valence-corrected chi connectivity index (χ0v) is 13.7. The summed E-state index contributed by atoms with van der Waals surface area (Å²) in [6, 6.07) is 11.9. The Morgan fingerprint density at radius 3 is 2.35 bits per heavy atom. The topological polar surface area (TPSA) is 12.0 Å². The Hall–Kier alpha value is -0.730. The van der Waals surface area contributed by atoms with Crippen molar-refractivity contribution in [2.75, 3.05) is 7.05 Å². The van der Waals surface area contributed by atoms with Crippen LogP contribution in [-0.4, -0.2) is 7.05 Å².